The first-order valence-electron chi connectivity index (χ1n) is 6.59. The molecular formula is C14H14N4O2S. The highest BCUT2D eigenvalue weighted by molar-refractivity contribution is 7.19. The van der Waals surface area contributed by atoms with Gasteiger partial charge in [0, 0.05) is 24.5 Å². The van der Waals surface area contributed by atoms with Crippen molar-refractivity contribution >= 4 is 28.7 Å². The molecule has 1 N–H and O–H groups in total. The van der Waals surface area contributed by atoms with Gasteiger partial charge in [0.2, 0.25) is 12.3 Å². The molecule has 7 heteroatoms. The highest BCUT2D eigenvalue weighted by Gasteiger charge is 2.33. The quantitative estimate of drug-likeness (QED) is 0.872. The Hall–Kier alpha value is -2.28. The second-order valence-electron chi connectivity index (χ2n) is 4.81. The van der Waals surface area contributed by atoms with Gasteiger partial charge in [0.25, 0.3) is 0 Å². The summed E-state index contributed by atoms with van der Waals surface area (Å²) in [5.74, 6) is -0.155. The first kappa shape index (κ1) is 13.7. The zero-order valence-corrected chi connectivity index (χ0v) is 12.3. The highest BCUT2D eigenvalue weighted by atomic mass is 32.1. The van der Waals surface area contributed by atoms with E-state index in [1.807, 2.05) is 19.1 Å². The number of thiazole rings is 1. The van der Waals surface area contributed by atoms with Gasteiger partial charge >= 0.3 is 0 Å². The predicted molar refractivity (Wildman–Crippen MR) is 79.9 cm³/mol. The number of hydrogen-bond acceptors (Lipinski definition) is 5. The van der Waals surface area contributed by atoms with Crippen molar-refractivity contribution in [3.05, 3.63) is 30.2 Å². The van der Waals surface area contributed by atoms with Crippen LogP contribution in [0.3, 0.4) is 0 Å². The monoisotopic (exact) mass is 302 g/mol. The van der Waals surface area contributed by atoms with Crippen LogP contribution in [0.1, 0.15) is 12.1 Å². The lowest BCUT2D eigenvalue weighted by molar-refractivity contribution is -0.135. The van der Waals surface area contributed by atoms with E-state index in [0.29, 0.717) is 19.4 Å². The van der Waals surface area contributed by atoms with Gasteiger partial charge in [0.15, 0.2) is 0 Å². The van der Waals surface area contributed by atoms with Crippen molar-refractivity contribution in [1.82, 2.24) is 14.9 Å². The number of aromatic nitrogens is 2. The second kappa shape index (κ2) is 5.61. The maximum atomic E-state index is 12.1. The van der Waals surface area contributed by atoms with Gasteiger partial charge in [-0.05, 0) is 25.5 Å². The third-order valence-corrected chi connectivity index (χ3v) is 4.56. The molecule has 1 saturated heterocycles. The Morgan fingerprint density at radius 2 is 2.43 bits per heavy atom. The number of aryl methyl sites for hydroxylation is 1. The van der Waals surface area contributed by atoms with Gasteiger partial charge in [-0.15, -0.1) is 0 Å². The minimum absolute atomic E-state index is 0.155. The van der Waals surface area contributed by atoms with Gasteiger partial charge in [-0.25, -0.2) is 4.98 Å². The predicted octanol–water partition coefficient (Wildman–Crippen LogP) is 1.68. The zero-order chi connectivity index (χ0) is 14.8. The summed E-state index contributed by atoms with van der Waals surface area (Å²) in [7, 11) is 0. The molecule has 3 rings (SSSR count). The number of hydrogen-bond donors (Lipinski definition) is 1. The average molecular weight is 302 g/mol. The van der Waals surface area contributed by atoms with Crippen LogP contribution in [0.4, 0.5) is 5.00 Å². The van der Waals surface area contributed by atoms with Gasteiger partial charge in [-0.2, -0.15) is 0 Å². The zero-order valence-electron chi connectivity index (χ0n) is 11.4. The summed E-state index contributed by atoms with van der Waals surface area (Å²) in [6.07, 6.45) is 4.87. The van der Waals surface area contributed by atoms with Crippen LogP contribution in [0.5, 0.6) is 0 Å². The lowest BCUT2D eigenvalue weighted by Gasteiger charge is -2.36. The Morgan fingerprint density at radius 3 is 3.05 bits per heavy atom. The summed E-state index contributed by atoms with van der Waals surface area (Å²) in [5.41, 5.74) is 1.69. The van der Waals surface area contributed by atoms with E-state index in [0.717, 1.165) is 21.3 Å². The van der Waals surface area contributed by atoms with Crippen molar-refractivity contribution in [2.45, 2.75) is 19.4 Å². The number of nitrogens with zero attached hydrogens (tertiary/aromatic N) is 3. The van der Waals surface area contributed by atoms with Crippen molar-refractivity contribution in [2.75, 3.05) is 11.9 Å². The largest absolute Gasteiger partial charge is 0.333 e. The number of rotatable bonds is 4. The average Bonchev–Trinajstić information content (AvgIpc) is 2.80. The standard InChI is InChI=1S/C14H14N4O2S/c1-9-13(17-12(20)11-4-6-18(11)8-19)21-14(16-9)10-3-2-5-15-7-10/h2-3,5,7-8,11H,4,6H2,1H3,(H,17,20). The SMILES string of the molecule is Cc1nc(-c2cccnc2)sc1NC(=O)C1CCN1C=O. The third kappa shape index (κ3) is 2.64. The van der Waals surface area contributed by atoms with E-state index < -0.39 is 0 Å². The van der Waals surface area contributed by atoms with E-state index in [1.54, 1.807) is 12.4 Å². The first-order chi connectivity index (χ1) is 10.2. The molecule has 1 aliphatic heterocycles. The molecule has 1 fully saturated rings. The van der Waals surface area contributed by atoms with Crippen LogP contribution < -0.4 is 5.32 Å². The van der Waals surface area contributed by atoms with Gasteiger partial charge in [-0.3, -0.25) is 14.6 Å². The Labute approximate surface area is 125 Å². The Morgan fingerprint density at radius 1 is 1.57 bits per heavy atom. The summed E-state index contributed by atoms with van der Waals surface area (Å²) in [6.45, 7) is 2.49. The molecule has 2 aromatic heterocycles. The Balaban J connectivity index is 1.76. The van der Waals surface area contributed by atoms with Gasteiger partial charge in [-0.1, -0.05) is 11.3 Å². The normalized spacial score (nSPS) is 17.2. The number of anilines is 1. The molecule has 1 aliphatic rings. The van der Waals surface area contributed by atoms with Crippen LogP contribution >= 0.6 is 11.3 Å². The fourth-order valence-corrected chi connectivity index (χ4v) is 3.09. The molecule has 0 aromatic carbocycles. The first-order valence-corrected chi connectivity index (χ1v) is 7.40. The van der Waals surface area contributed by atoms with Crippen molar-refractivity contribution in [3.8, 4) is 10.6 Å². The maximum Gasteiger partial charge on any atom is 0.247 e. The fraction of sp³-hybridized carbons (Fsp3) is 0.286. The van der Waals surface area contributed by atoms with E-state index in [1.165, 1.54) is 16.2 Å². The number of pyridine rings is 1. The van der Waals surface area contributed by atoms with Crippen LogP contribution in [0.25, 0.3) is 10.6 Å². The van der Waals surface area contributed by atoms with Gasteiger partial charge < -0.3 is 10.2 Å². The molecule has 0 saturated carbocycles. The van der Waals surface area contributed by atoms with Crippen LogP contribution in [-0.2, 0) is 9.59 Å². The molecule has 2 amide bonds. The summed E-state index contributed by atoms with van der Waals surface area (Å²) in [4.78, 5) is 32.9. The minimum Gasteiger partial charge on any atom is -0.333 e. The van der Waals surface area contributed by atoms with Crippen molar-refractivity contribution < 1.29 is 9.59 Å². The molecule has 21 heavy (non-hydrogen) atoms. The molecule has 0 spiro atoms. The summed E-state index contributed by atoms with van der Waals surface area (Å²) in [6, 6.07) is 3.42. The van der Waals surface area contributed by atoms with Gasteiger partial charge in [0.05, 0.1) is 5.69 Å². The molecule has 0 aliphatic carbocycles. The highest BCUT2D eigenvalue weighted by Crippen LogP contribution is 2.31. The van der Waals surface area contributed by atoms with Crippen molar-refractivity contribution in [3.63, 3.8) is 0 Å². The lowest BCUT2D eigenvalue weighted by atomic mass is 10.0. The van der Waals surface area contributed by atoms with Crippen LogP contribution in [0.2, 0.25) is 0 Å². The minimum atomic E-state index is -0.356. The Bertz CT molecular complexity index is 671. The number of nitrogens with one attached hydrogen (secondary N) is 1. The van der Waals surface area contributed by atoms with Crippen molar-refractivity contribution in [1.29, 1.82) is 0 Å². The maximum absolute atomic E-state index is 12.1. The van der Waals surface area contributed by atoms with E-state index in [2.05, 4.69) is 15.3 Å². The molecular weight excluding hydrogens is 288 g/mol. The fourth-order valence-electron chi connectivity index (χ4n) is 2.14. The molecule has 1 atom stereocenters. The molecule has 108 valence electrons. The number of carbonyl (C=O) groups is 2. The number of likely N-dealkylation sites (tertiary alicyclic amines) is 1. The van der Waals surface area contributed by atoms with Crippen LogP contribution in [0.15, 0.2) is 24.5 Å². The topological polar surface area (TPSA) is 75.2 Å². The molecule has 1 unspecified atom stereocenters. The molecule has 0 radical (unpaired) electrons. The van der Waals surface area contributed by atoms with E-state index in [4.69, 9.17) is 0 Å². The Kier molecular flexibility index (Phi) is 3.66. The van der Waals surface area contributed by atoms with Gasteiger partial charge in [0.1, 0.15) is 16.1 Å². The van der Waals surface area contributed by atoms with E-state index in [-0.39, 0.29) is 11.9 Å². The van der Waals surface area contributed by atoms with E-state index in [9.17, 15) is 9.59 Å². The van der Waals surface area contributed by atoms with Crippen LogP contribution in [-0.4, -0.2) is 39.8 Å². The second-order valence-corrected chi connectivity index (χ2v) is 5.81. The summed E-state index contributed by atoms with van der Waals surface area (Å²) < 4.78 is 0. The van der Waals surface area contributed by atoms with E-state index >= 15 is 0 Å². The smallest absolute Gasteiger partial charge is 0.247 e. The van der Waals surface area contributed by atoms with Crippen LogP contribution in [0, 0.1) is 6.92 Å². The summed E-state index contributed by atoms with van der Waals surface area (Å²) in [5, 5.41) is 4.40. The molecule has 0 bridgehead atoms. The molecule has 3 heterocycles. The third-order valence-electron chi connectivity index (χ3n) is 3.44. The number of carbonyl (C=O) groups excluding carboxylic acids is 2. The van der Waals surface area contributed by atoms with Crippen molar-refractivity contribution in [2.24, 2.45) is 0 Å². The summed E-state index contributed by atoms with van der Waals surface area (Å²) >= 11 is 1.41. The molecule has 6 nitrogen and oxygen atoms in total. The lowest BCUT2D eigenvalue weighted by Crippen LogP contribution is -2.53. The molecule has 2 aromatic rings. The number of amides is 2.